The zero-order chi connectivity index (χ0) is 16.9. The molecule has 0 aliphatic carbocycles. The van der Waals surface area contributed by atoms with Crippen molar-refractivity contribution in [1.29, 1.82) is 5.26 Å². The van der Waals surface area contributed by atoms with E-state index in [2.05, 4.69) is 26.3 Å². The lowest BCUT2D eigenvalue weighted by atomic mass is 10.1. The Labute approximate surface area is 141 Å². The molecule has 1 N–H and O–H groups in total. The Kier molecular flexibility index (Phi) is 4.77. The van der Waals surface area contributed by atoms with Gasteiger partial charge in [-0.05, 0) is 12.1 Å². The quantitative estimate of drug-likeness (QED) is 0.910. The molecule has 0 unspecified atom stereocenters. The second-order valence-corrected chi connectivity index (χ2v) is 5.81. The number of nitriles is 1. The molecule has 2 heterocycles. The van der Waals surface area contributed by atoms with Crippen LogP contribution >= 0.6 is 0 Å². The Bertz CT molecular complexity index is 754. The van der Waals surface area contributed by atoms with Crippen molar-refractivity contribution in [3.8, 4) is 6.07 Å². The summed E-state index contributed by atoms with van der Waals surface area (Å²) >= 11 is 0. The van der Waals surface area contributed by atoms with E-state index < -0.39 is 0 Å². The molecule has 0 radical (unpaired) electrons. The smallest absolute Gasteiger partial charge is 0.239 e. The molecule has 1 aromatic heterocycles. The maximum absolute atomic E-state index is 12.1. The van der Waals surface area contributed by atoms with Crippen LogP contribution in [0.3, 0.4) is 0 Å². The van der Waals surface area contributed by atoms with Crippen LogP contribution in [0.2, 0.25) is 0 Å². The summed E-state index contributed by atoms with van der Waals surface area (Å²) in [6.07, 6.45) is 1.79. The second kappa shape index (κ2) is 7.15. The maximum Gasteiger partial charge on any atom is 0.239 e. The number of nitrogens with zero attached hydrogens (tertiary/aromatic N) is 5. The molecule has 1 amide bonds. The van der Waals surface area contributed by atoms with Gasteiger partial charge in [0.2, 0.25) is 5.91 Å². The van der Waals surface area contributed by atoms with E-state index in [1.54, 1.807) is 16.9 Å². The minimum Gasteiger partial charge on any atom is -0.368 e. The minimum absolute atomic E-state index is 0.0559. The van der Waals surface area contributed by atoms with E-state index in [1.165, 1.54) is 0 Å². The zero-order valence-corrected chi connectivity index (χ0v) is 13.6. The van der Waals surface area contributed by atoms with E-state index in [-0.39, 0.29) is 5.91 Å². The summed E-state index contributed by atoms with van der Waals surface area (Å²) in [5, 5.41) is 16.2. The predicted octanol–water partition coefficient (Wildman–Crippen LogP) is 1.05. The SMILES string of the molecule is Cn1ccc(NC(=O)CN2CCN(c3ccccc3C#N)CC2)n1. The zero-order valence-electron chi connectivity index (χ0n) is 13.6. The summed E-state index contributed by atoms with van der Waals surface area (Å²) in [6.45, 7) is 3.53. The summed E-state index contributed by atoms with van der Waals surface area (Å²) in [5.41, 5.74) is 1.66. The number of amides is 1. The van der Waals surface area contributed by atoms with Gasteiger partial charge in [-0.3, -0.25) is 14.4 Å². The molecule has 1 aromatic carbocycles. The Morgan fingerprint density at radius 2 is 2.00 bits per heavy atom. The molecule has 1 saturated heterocycles. The number of anilines is 2. The summed E-state index contributed by atoms with van der Waals surface area (Å²) in [7, 11) is 1.81. The third kappa shape index (κ3) is 3.73. The molecule has 0 saturated carbocycles. The summed E-state index contributed by atoms with van der Waals surface area (Å²) in [4.78, 5) is 16.4. The largest absolute Gasteiger partial charge is 0.368 e. The highest BCUT2D eigenvalue weighted by Crippen LogP contribution is 2.20. The van der Waals surface area contributed by atoms with Crippen molar-refractivity contribution in [2.75, 3.05) is 42.9 Å². The van der Waals surface area contributed by atoms with Gasteiger partial charge in [0.15, 0.2) is 5.82 Å². The molecular weight excluding hydrogens is 304 g/mol. The molecule has 1 aliphatic rings. The van der Waals surface area contributed by atoms with Gasteiger partial charge >= 0.3 is 0 Å². The standard InChI is InChI=1S/C17H20N6O/c1-21-7-6-16(20-21)19-17(24)13-22-8-10-23(11-9-22)15-5-3-2-4-14(15)12-18/h2-7H,8-11,13H2,1H3,(H,19,20,24). The van der Waals surface area contributed by atoms with Crippen LogP contribution in [-0.4, -0.2) is 53.3 Å². The number of rotatable bonds is 4. The normalized spacial score (nSPS) is 15.1. The molecule has 124 valence electrons. The van der Waals surface area contributed by atoms with Gasteiger partial charge < -0.3 is 10.2 Å². The highest BCUT2D eigenvalue weighted by molar-refractivity contribution is 5.91. The molecule has 7 heteroatoms. The van der Waals surface area contributed by atoms with Gasteiger partial charge in [0.1, 0.15) is 6.07 Å². The molecule has 7 nitrogen and oxygen atoms in total. The number of hydrogen-bond acceptors (Lipinski definition) is 5. The molecule has 0 spiro atoms. The highest BCUT2D eigenvalue weighted by atomic mass is 16.2. The molecule has 1 fully saturated rings. The lowest BCUT2D eigenvalue weighted by molar-refractivity contribution is -0.117. The summed E-state index contributed by atoms with van der Waals surface area (Å²) in [6, 6.07) is 11.6. The number of nitrogens with one attached hydrogen (secondary N) is 1. The monoisotopic (exact) mass is 324 g/mol. The van der Waals surface area contributed by atoms with Crippen molar-refractivity contribution in [1.82, 2.24) is 14.7 Å². The average Bonchev–Trinajstić information content (AvgIpc) is 3.00. The highest BCUT2D eigenvalue weighted by Gasteiger charge is 2.20. The molecule has 24 heavy (non-hydrogen) atoms. The van der Waals surface area contributed by atoms with Gasteiger partial charge in [-0.2, -0.15) is 10.4 Å². The first-order chi connectivity index (χ1) is 11.7. The fourth-order valence-electron chi connectivity index (χ4n) is 2.86. The molecule has 2 aromatic rings. The van der Waals surface area contributed by atoms with Gasteiger partial charge in [-0.1, -0.05) is 12.1 Å². The number of carbonyl (C=O) groups excluding carboxylic acids is 1. The molecule has 0 atom stereocenters. The van der Waals surface area contributed by atoms with Crippen LogP contribution < -0.4 is 10.2 Å². The third-order valence-electron chi connectivity index (χ3n) is 4.09. The fourth-order valence-corrected chi connectivity index (χ4v) is 2.86. The predicted molar refractivity (Wildman–Crippen MR) is 91.6 cm³/mol. The number of piperazine rings is 1. The summed E-state index contributed by atoms with van der Waals surface area (Å²) in [5.74, 6) is 0.517. The van der Waals surface area contributed by atoms with Crippen LogP contribution in [0.25, 0.3) is 0 Å². The van der Waals surface area contributed by atoms with E-state index in [4.69, 9.17) is 0 Å². The average molecular weight is 324 g/mol. The first kappa shape index (κ1) is 16.0. The van der Waals surface area contributed by atoms with Crippen LogP contribution in [0, 0.1) is 11.3 Å². The van der Waals surface area contributed by atoms with E-state index >= 15 is 0 Å². The Hall–Kier alpha value is -2.85. The van der Waals surface area contributed by atoms with Gasteiger partial charge in [-0.15, -0.1) is 0 Å². The van der Waals surface area contributed by atoms with Crippen molar-refractivity contribution < 1.29 is 4.79 Å². The van der Waals surface area contributed by atoms with E-state index in [1.807, 2.05) is 31.3 Å². The van der Waals surface area contributed by atoms with Crippen LogP contribution in [-0.2, 0) is 11.8 Å². The number of aryl methyl sites for hydroxylation is 1. The number of aromatic nitrogens is 2. The van der Waals surface area contributed by atoms with Gasteiger partial charge in [-0.25, -0.2) is 0 Å². The first-order valence-corrected chi connectivity index (χ1v) is 7.91. The number of benzene rings is 1. The van der Waals surface area contributed by atoms with Crippen molar-refractivity contribution in [3.05, 3.63) is 42.1 Å². The van der Waals surface area contributed by atoms with Gasteiger partial charge in [0, 0.05) is 45.5 Å². The Morgan fingerprint density at radius 3 is 2.67 bits per heavy atom. The number of para-hydroxylation sites is 1. The molecular formula is C17H20N6O. The fraction of sp³-hybridized carbons (Fsp3) is 0.353. The van der Waals surface area contributed by atoms with E-state index in [9.17, 15) is 10.1 Å². The van der Waals surface area contributed by atoms with Crippen LogP contribution in [0.4, 0.5) is 11.5 Å². The van der Waals surface area contributed by atoms with Crippen molar-refractivity contribution in [2.45, 2.75) is 0 Å². The third-order valence-corrected chi connectivity index (χ3v) is 4.09. The van der Waals surface area contributed by atoms with Gasteiger partial charge in [0.05, 0.1) is 17.8 Å². The number of hydrogen-bond donors (Lipinski definition) is 1. The molecule has 3 rings (SSSR count). The van der Waals surface area contributed by atoms with Crippen molar-refractivity contribution in [2.24, 2.45) is 7.05 Å². The van der Waals surface area contributed by atoms with Crippen molar-refractivity contribution >= 4 is 17.4 Å². The Morgan fingerprint density at radius 1 is 1.25 bits per heavy atom. The minimum atomic E-state index is -0.0559. The lowest BCUT2D eigenvalue weighted by Crippen LogP contribution is -2.48. The van der Waals surface area contributed by atoms with Crippen LogP contribution in [0.5, 0.6) is 0 Å². The van der Waals surface area contributed by atoms with Crippen LogP contribution in [0.1, 0.15) is 5.56 Å². The summed E-state index contributed by atoms with van der Waals surface area (Å²) < 4.78 is 1.65. The van der Waals surface area contributed by atoms with Crippen LogP contribution in [0.15, 0.2) is 36.5 Å². The lowest BCUT2D eigenvalue weighted by Gasteiger charge is -2.36. The first-order valence-electron chi connectivity index (χ1n) is 7.91. The second-order valence-electron chi connectivity index (χ2n) is 5.81. The van der Waals surface area contributed by atoms with Gasteiger partial charge in [0.25, 0.3) is 0 Å². The van der Waals surface area contributed by atoms with E-state index in [0.717, 1.165) is 31.9 Å². The topological polar surface area (TPSA) is 77.2 Å². The number of carbonyl (C=O) groups is 1. The Balaban J connectivity index is 1.52. The maximum atomic E-state index is 12.1. The van der Waals surface area contributed by atoms with Crippen molar-refractivity contribution in [3.63, 3.8) is 0 Å². The molecule has 0 bridgehead atoms. The van der Waals surface area contributed by atoms with E-state index in [0.29, 0.717) is 17.9 Å². The molecule has 1 aliphatic heterocycles.